The first-order valence-electron chi connectivity index (χ1n) is 7.76. The van der Waals surface area contributed by atoms with E-state index in [4.69, 9.17) is 17.3 Å². The van der Waals surface area contributed by atoms with Crippen LogP contribution in [0, 0.1) is 5.92 Å². The fraction of sp³-hybridized carbons (Fsp3) is 0.500. The molecule has 2 amide bonds. The van der Waals surface area contributed by atoms with Crippen molar-refractivity contribution in [3.05, 3.63) is 23.2 Å². The zero-order valence-electron chi connectivity index (χ0n) is 14.2. The first-order chi connectivity index (χ1) is 10.9. The van der Waals surface area contributed by atoms with Crippen LogP contribution in [0.1, 0.15) is 26.7 Å². The zero-order chi connectivity index (χ0) is 17.0. The van der Waals surface area contributed by atoms with Gasteiger partial charge in [0.25, 0.3) is 0 Å². The van der Waals surface area contributed by atoms with Crippen molar-refractivity contribution in [2.45, 2.75) is 38.8 Å². The average molecular weight is 412 g/mol. The lowest BCUT2D eigenvalue weighted by atomic mass is 10.1. The largest absolute Gasteiger partial charge is 0.381 e. The SMILES string of the molecule is CC(C)[C@H](N)C(=O)NCC(=O)Nc1cc(Cl)ccc1NC1CC1.Cl.Cl. The van der Waals surface area contributed by atoms with E-state index in [2.05, 4.69) is 16.0 Å². The van der Waals surface area contributed by atoms with Crippen molar-refractivity contribution in [1.29, 1.82) is 0 Å². The molecule has 1 fully saturated rings. The molecule has 1 aliphatic carbocycles. The first-order valence-corrected chi connectivity index (χ1v) is 8.14. The van der Waals surface area contributed by atoms with E-state index in [1.165, 1.54) is 0 Å². The molecule has 0 aromatic heterocycles. The van der Waals surface area contributed by atoms with Gasteiger partial charge in [-0.25, -0.2) is 0 Å². The molecule has 0 radical (unpaired) electrons. The van der Waals surface area contributed by atoms with Crippen molar-refractivity contribution >= 4 is 59.6 Å². The molecule has 0 saturated heterocycles. The first kappa shape index (κ1) is 23.8. The Bertz CT molecular complexity index is 595. The van der Waals surface area contributed by atoms with Gasteiger partial charge in [-0.05, 0) is 37.0 Å². The van der Waals surface area contributed by atoms with Crippen molar-refractivity contribution in [2.24, 2.45) is 11.7 Å². The summed E-state index contributed by atoms with van der Waals surface area (Å²) in [5, 5.41) is 9.18. The molecule has 6 nitrogen and oxygen atoms in total. The molecule has 1 saturated carbocycles. The third kappa shape index (κ3) is 7.69. The lowest BCUT2D eigenvalue weighted by Gasteiger charge is -2.16. The summed E-state index contributed by atoms with van der Waals surface area (Å²) < 4.78 is 0. The summed E-state index contributed by atoms with van der Waals surface area (Å²) in [5.41, 5.74) is 7.17. The van der Waals surface area contributed by atoms with Crippen LogP contribution < -0.4 is 21.7 Å². The Kier molecular flexibility index (Phi) is 10.2. The highest BCUT2D eigenvalue weighted by Crippen LogP contribution is 2.31. The number of nitrogens with two attached hydrogens (primary N) is 1. The molecule has 1 aliphatic rings. The molecule has 0 heterocycles. The van der Waals surface area contributed by atoms with E-state index in [0.29, 0.717) is 16.8 Å². The summed E-state index contributed by atoms with van der Waals surface area (Å²) in [7, 11) is 0. The van der Waals surface area contributed by atoms with Gasteiger partial charge in [-0.2, -0.15) is 0 Å². The van der Waals surface area contributed by atoms with Crippen LogP contribution >= 0.6 is 36.4 Å². The van der Waals surface area contributed by atoms with E-state index in [1.807, 2.05) is 19.9 Å². The predicted molar refractivity (Wildman–Crippen MR) is 107 cm³/mol. The topological polar surface area (TPSA) is 96.2 Å². The maximum atomic E-state index is 12.0. The van der Waals surface area contributed by atoms with Gasteiger partial charge in [-0.3, -0.25) is 9.59 Å². The highest BCUT2D eigenvalue weighted by molar-refractivity contribution is 6.31. The fourth-order valence-corrected chi connectivity index (χ4v) is 2.15. The lowest BCUT2D eigenvalue weighted by Crippen LogP contribution is -2.46. The van der Waals surface area contributed by atoms with Gasteiger partial charge in [0, 0.05) is 11.1 Å². The molecule has 0 unspecified atom stereocenters. The molecule has 1 aromatic rings. The second kappa shape index (κ2) is 10.7. The van der Waals surface area contributed by atoms with Crippen LogP contribution in [-0.4, -0.2) is 30.4 Å². The molecule has 9 heteroatoms. The normalized spacial score (nSPS) is 14.0. The third-order valence-electron chi connectivity index (χ3n) is 3.64. The Morgan fingerprint density at radius 3 is 2.44 bits per heavy atom. The number of amides is 2. The predicted octanol–water partition coefficient (Wildman–Crippen LogP) is 2.80. The average Bonchev–Trinajstić information content (AvgIpc) is 3.30. The number of halogens is 3. The summed E-state index contributed by atoms with van der Waals surface area (Å²) in [6.45, 7) is 3.58. The number of benzene rings is 1. The van der Waals surface area contributed by atoms with Gasteiger partial charge < -0.3 is 21.7 Å². The van der Waals surface area contributed by atoms with Crippen LogP contribution in [0.25, 0.3) is 0 Å². The van der Waals surface area contributed by atoms with Gasteiger partial charge in [-0.15, -0.1) is 24.8 Å². The minimum absolute atomic E-state index is 0. The molecule has 1 aromatic carbocycles. The number of carbonyl (C=O) groups excluding carboxylic acids is 2. The molecular weight excluding hydrogens is 387 g/mol. The smallest absolute Gasteiger partial charge is 0.243 e. The van der Waals surface area contributed by atoms with E-state index in [-0.39, 0.29) is 49.1 Å². The Labute approximate surface area is 165 Å². The van der Waals surface area contributed by atoms with Crippen LogP contribution in [0.2, 0.25) is 5.02 Å². The second-order valence-electron chi connectivity index (χ2n) is 6.14. The summed E-state index contributed by atoms with van der Waals surface area (Å²) in [6.07, 6.45) is 2.25. The van der Waals surface area contributed by atoms with Gasteiger partial charge >= 0.3 is 0 Å². The van der Waals surface area contributed by atoms with Crippen molar-refractivity contribution in [3.8, 4) is 0 Å². The molecule has 142 valence electrons. The number of hydrogen-bond donors (Lipinski definition) is 4. The Morgan fingerprint density at radius 2 is 1.88 bits per heavy atom. The monoisotopic (exact) mass is 410 g/mol. The molecule has 5 N–H and O–H groups in total. The summed E-state index contributed by atoms with van der Waals surface area (Å²) in [4.78, 5) is 23.8. The van der Waals surface area contributed by atoms with Crippen molar-refractivity contribution in [3.63, 3.8) is 0 Å². The number of nitrogens with one attached hydrogen (secondary N) is 3. The molecule has 1 atom stereocenters. The van der Waals surface area contributed by atoms with E-state index in [1.54, 1.807) is 12.1 Å². The highest BCUT2D eigenvalue weighted by Gasteiger charge is 2.22. The number of rotatable bonds is 7. The Hall–Kier alpha value is -1.21. The highest BCUT2D eigenvalue weighted by atomic mass is 35.5. The Morgan fingerprint density at radius 1 is 1.24 bits per heavy atom. The third-order valence-corrected chi connectivity index (χ3v) is 3.87. The molecule has 2 rings (SSSR count). The maximum absolute atomic E-state index is 12.0. The van der Waals surface area contributed by atoms with Crippen molar-refractivity contribution in [2.75, 3.05) is 17.2 Å². The molecule has 0 spiro atoms. The summed E-state index contributed by atoms with van der Waals surface area (Å²) in [5.74, 6) is -0.645. The van der Waals surface area contributed by atoms with Crippen molar-refractivity contribution in [1.82, 2.24) is 5.32 Å². The molecule has 25 heavy (non-hydrogen) atoms. The fourth-order valence-electron chi connectivity index (χ4n) is 1.98. The van der Waals surface area contributed by atoms with Crippen LogP contribution in [0.5, 0.6) is 0 Å². The molecule has 0 aliphatic heterocycles. The van der Waals surface area contributed by atoms with E-state index in [0.717, 1.165) is 18.5 Å². The second-order valence-corrected chi connectivity index (χ2v) is 6.58. The minimum atomic E-state index is -0.624. The summed E-state index contributed by atoms with van der Waals surface area (Å²) in [6, 6.07) is 5.12. The van der Waals surface area contributed by atoms with Crippen molar-refractivity contribution < 1.29 is 9.59 Å². The van der Waals surface area contributed by atoms with Gasteiger partial charge in [0.1, 0.15) is 0 Å². The van der Waals surface area contributed by atoms with Crippen LogP contribution in [0.15, 0.2) is 18.2 Å². The molecular formula is C16H25Cl3N4O2. The van der Waals surface area contributed by atoms with E-state index in [9.17, 15) is 9.59 Å². The Balaban J connectivity index is 0.00000288. The quantitative estimate of drug-likeness (QED) is 0.555. The zero-order valence-corrected chi connectivity index (χ0v) is 16.6. The number of carbonyl (C=O) groups is 2. The number of anilines is 2. The van der Waals surface area contributed by atoms with Crippen LogP contribution in [0.3, 0.4) is 0 Å². The van der Waals surface area contributed by atoms with E-state index < -0.39 is 6.04 Å². The van der Waals surface area contributed by atoms with Gasteiger partial charge in [0.2, 0.25) is 11.8 Å². The van der Waals surface area contributed by atoms with Gasteiger partial charge in [-0.1, -0.05) is 25.4 Å². The summed E-state index contributed by atoms with van der Waals surface area (Å²) >= 11 is 5.99. The van der Waals surface area contributed by atoms with Crippen LogP contribution in [0.4, 0.5) is 11.4 Å². The maximum Gasteiger partial charge on any atom is 0.243 e. The minimum Gasteiger partial charge on any atom is -0.381 e. The van der Waals surface area contributed by atoms with Gasteiger partial charge in [0.05, 0.1) is 24.0 Å². The molecule has 0 bridgehead atoms. The van der Waals surface area contributed by atoms with Crippen LogP contribution in [-0.2, 0) is 9.59 Å². The standard InChI is InChI=1S/C16H23ClN4O2.2ClH/c1-9(2)15(18)16(23)19-8-14(22)21-13-7-10(17)3-6-12(13)20-11-4-5-11;;/h3,6-7,9,11,15,20H,4-5,8,18H2,1-2H3,(H,19,23)(H,21,22);2*1H/t15-;;/m0../s1. The lowest BCUT2D eigenvalue weighted by molar-refractivity contribution is -0.125. The number of hydrogen-bond acceptors (Lipinski definition) is 4. The van der Waals surface area contributed by atoms with Gasteiger partial charge in [0.15, 0.2) is 0 Å². The van der Waals surface area contributed by atoms with E-state index >= 15 is 0 Å².